The topological polar surface area (TPSA) is 54.8 Å². The largest absolute Gasteiger partial charge is 0.384 e. The van der Waals surface area contributed by atoms with E-state index in [4.69, 9.17) is 11.1 Å². The van der Waals surface area contributed by atoms with Crippen LogP contribution in [0, 0.1) is 19.3 Å². The van der Waals surface area contributed by atoms with Gasteiger partial charge in [0.25, 0.3) is 0 Å². The summed E-state index contributed by atoms with van der Waals surface area (Å²) in [6.07, 6.45) is 2.54. The fourth-order valence-corrected chi connectivity index (χ4v) is 1.94. The van der Waals surface area contributed by atoms with Gasteiger partial charge in [0.05, 0.1) is 0 Å². The fraction of sp³-hybridized carbons (Fsp3) is 0.500. The molecule has 0 amide bonds. The van der Waals surface area contributed by atoms with Crippen molar-refractivity contribution in [3.05, 3.63) is 23.0 Å². The van der Waals surface area contributed by atoms with Gasteiger partial charge in [-0.1, -0.05) is 0 Å². The predicted molar refractivity (Wildman–Crippen MR) is 53.2 cm³/mol. The van der Waals surface area contributed by atoms with Crippen molar-refractivity contribution in [2.75, 3.05) is 0 Å². The number of aryl methyl sites for hydroxylation is 1. The monoisotopic (exact) mass is 177 g/mol. The van der Waals surface area contributed by atoms with Gasteiger partial charge in [-0.2, -0.15) is 0 Å². The summed E-state index contributed by atoms with van der Waals surface area (Å²) in [6, 6.07) is 2.68. The van der Waals surface area contributed by atoms with Crippen molar-refractivity contribution < 1.29 is 0 Å². The Hall–Kier alpha value is -1.25. The zero-order valence-corrected chi connectivity index (χ0v) is 8.09. The van der Waals surface area contributed by atoms with Crippen molar-refractivity contribution in [2.45, 2.75) is 32.7 Å². The van der Waals surface area contributed by atoms with Gasteiger partial charge in [-0.25, -0.2) is 0 Å². The van der Waals surface area contributed by atoms with Crippen molar-refractivity contribution in [1.82, 2.24) is 4.57 Å². The Labute approximate surface area is 78.1 Å². The number of nitrogen functional groups attached to an aromatic ring is 1. The lowest BCUT2D eigenvalue weighted by Gasteiger charge is -2.06. The first kappa shape index (κ1) is 8.35. The number of nitrogens with zero attached hydrogens (tertiary/aromatic N) is 1. The number of hydrogen-bond donors (Lipinski definition) is 2. The molecule has 0 saturated heterocycles. The number of amidine groups is 1. The summed E-state index contributed by atoms with van der Waals surface area (Å²) >= 11 is 0. The van der Waals surface area contributed by atoms with Crippen molar-refractivity contribution in [2.24, 2.45) is 5.73 Å². The molecule has 1 aliphatic rings. The minimum absolute atomic E-state index is 0.181. The van der Waals surface area contributed by atoms with Gasteiger partial charge in [0, 0.05) is 23.0 Å². The maximum absolute atomic E-state index is 7.41. The minimum atomic E-state index is 0.181. The molecule has 3 N–H and O–H groups in total. The normalized spacial score (nSPS) is 16.2. The molecule has 3 nitrogen and oxygen atoms in total. The fourth-order valence-electron chi connectivity index (χ4n) is 1.94. The molecule has 1 fully saturated rings. The molecule has 3 heteroatoms. The summed E-state index contributed by atoms with van der Waals surface area (Å²) in [5.74, 6) is 0.181. The Morgan fingerprint density at radius 2 is 2.15 bits per heavy atom. The molecule has 70 valence electrons. The molecular weight excluding hydrogens is 162 g/mol. The smallest absolute Gasteiger partial charge is 0.124 e. The molecule has 1 saturated carbocycles. The second-order valence-electron chi connectivity index (χ2n) is 3.80. The van der Waals surface area contributed by atoms with E-state index in [1.54, 1.807) is 0 Å². The average Bonchev–Trinajstić information content (AvgIpc) is 2.80. The summed E-state index contributed by atoms with van der Waals surface area (Å²) in [5, 5.41) is 7.41. The van der Waals surface area contributed by atoms with Gasteiger partial charge in [-0.3, -0.25) is 5.41 Å². The van der Waals surface area contributed by atoms with E-state index in [2.05, 4.69) is 11.5 Å². The third-order valence-electron chi connectivity index (χ3n) is 2.69. The summed E-state index contributed by atoms with van der Waals surface area (Å²) < 4.78 is 2.30. The first-order chi connectivity index (χ1) is 6.11. The second kappa shape index (κ2) is 2.62. The molecule has 1 aliphatic carbocycles. The molecule has 2 rings (SSSR count). The van der Waals surface area contributed by atoms with Crippen molar-refractivity contribution in [3.8, 4) is 0 Å². The molecule has 0 bridgehead atoms. The van der Waals surface area contributed by atoms with Crippen molar-refractivity contribution in [3.63, 3.8) is 0 Å². The van der Waals surface area contributed by atoms with Crippen LogP contribution in [0.4, 0.5) is 0 Å². The lowest BCUT2D eigenvalue weighted by Crippen LogP contribution is -2.12. The van der Waals surface area contributed by atoms with Crippen molar-refractivity contribution >= 4 is 5.84 Å². The van der Waals surface area contributed by atoms with E-state index in [1.807, 2.05) is 13.0 Å². The van der Waals surface area contributed by atoms with E-state index < -0.39 is 0 Å². The molecule has 0 radical (unpaired) electrons. The summed E-state index contributed by atoms with van der Waals surface area (Å²) in [4.78, 5) is 0. The number of nitrogens with one attached hydrogen (secondary N) is 1. The van der Waals surface area contributed by atoms with Crippen LogP contribution >= 0.6 is 0 Å². The van der Waals surface area contributed by atoms with E-state index in [0.29, 0.717) is 6.04 Å². The Kier molecular flexibility index (Phi) is 1.68. The van der Waals surface area contributed by atoms with Gasteiger partial charge in [-0.05, 0) is 32.8 Å². The third kappa shape index (κ3) is 1.24. The third-order valence-corrected chi connectivity index (χ3v) is 2.69. The quantitative estimate of drug-likeness (QED) is 0.524. The van der Waals surface area contributed by atoms with E-state index in [-0.39, 0.29) is 5.84 Å². The van der Waals surface area contributed by atoms with E-state index in [9.17, 15) is 0 Å². The summed E-state index contributed by atoms with van der Waals surface area (Å²) in [6.45, 7) is 4.12. The highest BCUT2D eigenvalue weighted by atomic mass is 15.1. The Morgan fingerprint density at radius 1 is 1.54 bits per heavy atom. The highest BCUT2D eigenvalue weighted by Gasteiger charge is 2.27. The Balaban J connectivity index is 2.50. The average molecular weight is 177 g/mol. The van der Waals surface area contributed by atoms with Crippen LogP contribution in [0.25, 0.3) is 0 Å². The molecule has 0 aliphatic heterocycles. The van der Waals surface area contributed by atoms with Gasteiger partial charge in [0.1, 0.15) is 5.84 Å². The van der Waals surface area contributed by atoms with Crippen LogP contribution in [0.15, 0.2) is 6.07 Å². The number of aromatic nitrogens is 1. The van der Waals surface area contributed by atoms with Gasteiger partial charge in [-0.15, -0.1) is 0 Å². The highest BCUT2D eigenvalue weighted by Crippen LogP contribution is 2.38. The number of rotatable bonds is 2. The maximum atomic E-state index is 7.41. The molecule has 0 atom stereocenters. The molecule has 0 spiro atoms. The first-order valence-corrected chi connectivity index (χ1v) is 4.64. The van der Waals surface area contributed by atoms with Crippen LogP contribution in [0.5, 0.6) is 0 Å². The molecule has 1 aromatic rings. The van der Waals surface area contributed by atoms with Gasteiger partial charge in [0.15, 0.2) is 0 Å². The lowest BCUT2D eigenvalue weighted by molar-refractivity contribution is 0.699. The zero-order valence-electron chi connectivity index (χ0n) is 8.09. The molecule has 13 heavy (non-hydrogen) atoms. The van der Waals surface area contributed by atoms with Gasteiger partial charge >= 0.3 is 0 Å². The van der Waals surface area contributed by atoms with Gasteiger partial charge < -0.3 is 10.3 Å². The number of nitrogens with two attached hydrogens (primary N) is 1. The van der Waals surface area contributed by atoms with E-state index >= 15 is 0 Å². The SMILES string of the molecule is Cc1cc(C(=N)N)c(C)n1C1CC1. The number of hydrogen-bond acceptors (Lipinski definition) is 1. The van der Waals surface area contributed by atoms with Crippen LogP contribution in [-0.2, 0) is 0 Å². The van der Waals surface area contributed by atoms with Crippen LogP contribution < -0.4 is 5.73 Å². The minimum Gasteiger partial charge on any atom is -0.384 e. The summed E-state index contributed by atoms with van der Waals surface area (Å²) in [5.41, 5.74) is 8.75. The molecule has 0 aromatic carbocycles. The van der Waals surface area contributed by atoms with Crippen LogP contribution in [0.1, 0.15) is 35.8 Å². The van der Waals surface area contributed by atoms with Crippen LogP contribution in [-0.4, -0.2) is 10.4 Å². The maximum Gasteiger partial charge on any atom is 0.124 e. The highest BCUT2D eigenvalue weighted by molar-refractivity contribution is 5.96. The summed E-state index contributed by atoms with van der Waals surface area (Å²) in [7, 11) is 0. The molecule has 1 aromatic heterocycles. The van der Waals surface area contributed by atoms with Gasteiger partial charge in [0.2, 0.25) is 0 Å². The lowest BCUT2D eigenvalue weighted by atomic mass is 10.2. The standard InChI is InChI=1S/C10H15N3/c1-6-5-9(10(11)12)7(2)13(6)8-3-4-8/h5,8H,3-4H2,1-2H3,(H3,11,12). The second-order valence-corrected chi connectivity index (χ2v) is 3.80. The van der Waals surface area contributed by atoms with E-state index in [1.165, 1.54) is 18.5 Å². The van der Waals surface area contributed by atoms with Crippen LogP contribution in [0.3, 0.4) is 0 Å². The Bertz CT molecular complexity index is 358. The molecular formula is C10H15N3. The molecule has 1 heterocycles. The van der Waals surface area contributed by atoms with Crippen LogP contribution in [0.2, 0.25) is 0 Å². The zero-order chi connectivity index (χ0) is 9.59. The molecule has 0 unspecified atom stereocenters. The predicted octanol–water partition coefficient (Wildman–Crippen LogP) is 1.72. The Morgan fingerprint density at radius 3 is 2.54 bits per heavy atom. The van der Waals surface area contributed by atoms with Crippen molar-refractivity contribution in [1.29, 1.82) is 5.41 Å². The van der Waals surface area contributed by atoms with E-state index in [0.717, 1.165) is 11.3 Å². The first-order valence-electron chi connectivity index (χ1n) is 4.64.